The highest BCUT2D eigenvalue weighted by molar-refractivity contribution is 7.98. The second-order valence-corrected chi connectivity index (χ2v) is 4.57. The van der Waals surface area contributed by atoms with E-state index in [0.29, 0.717) is 11.6 Å². The SMILES string of the molecule is NNc1cn2ccnc2c(SCc2ccco2)n1. The number of fused-ring (bicyclic) bond motifs is 1. The lowest BCUT2D eigenvalue weighted by molar-refractivity contribution is 0.530. The van der Waals surface area contributed by atoms with E-state index in [9.17, 15) is 0 Å². The summed E-state index contributed by atoms with van der Waals surface area (Å²) in [4.78, 5) is 8.67. The molecule has 0 spiro atoms. The van der Waals surface area contributed by atoms with Crippen LogP contribution < -0.4 is 11.3 Å². The fraction of sp³-hybridized carbons (Fsp3) is 0.0909. The lowest BCUT2D eigenvalue weighted by Crippen LogP contribution is -2.10. The quantitative estimate of drug-likeness (QED) is 0.424. The highest BCUT2D eigenvalue weighted by atomic mass is 32.2. The Morgan fingerprint density at radius 1 is 1.50 bits per heavy atom. The summed E-state index contributed by atoms with van der Waals surface area (Å²) in [5, 5.41) is 0.812. The molecule has 0 bridgehead atoms. The number of hydrazine groups is 1. The molecule has 18 heavy (non-hydrogen) atoms. The van der Waals surface area contributed by atoms with E-state index in [1.54, 1.807) is 30.4 Å². The van der Waals surface area contributed by atoms with E-state index in [2.05, 4.69) is 15.4 Å². The van der Waals surface area contributed by atoms with Gasteiger partial charge in [-0.2, -0.15) is 0 Å². The lowest BCUT2D eigenvalue weighted by atomic mass is 10.5. The van der Waals surface area contributed by atoms with Crippen LogP contribution >= 0.6 is 11.8 Å². The third kappa shape index (κ3) is 2.05. The number of nitrogens with two attached hydrogens (primary N) is 1. The summed E-state index contributed by atoms with van der Waals surface area (Å²) >= 11 is 1.56. The Hall–Kier alpha value is -1.99. The molecule has 6 nitrogen and oxygen atoms in total. The molecule has 3 heterocycles. The molecule has 3 rings (SSSR count). The minimum absolute atomic E-state index is 0.599. The average Bonchev–Trinajstić information content (AvgIpc) is 3.06. The second-order valence-electron chi connectivity index (χ2n) is 3.60. The van der Waals surface area contributed by atoms with Crippen LogP contribution in [0.2, 0.25) is 0 Å². The molecule has 7 heteroatoms. The monoisotopic (exact) mass is 261 g/mol. The molecule has 0 saturated heterocycles. The largest absolute Gasteiger partial charge is 0.468 e. The van der Waals surface area contributed by atoms with Gasteiger partial charge in [0.1, 0.15) is 10.8 Å². The van der Waals surface area contributed by atoms with Crippen LogP contribution in [0.4, 0.5) is 5.82 Å². The van der Waals surface area contributed by atoms with Gasteiger partial charge >= 0.3 is 0 Å². The van der Waals surface area contributed by atoms with Crippen LogP contribution in [0.1, 0.15) is 5.76 Å². The topological polar surface area (TPSA) is 81.4 Å². The first-order valence-corrected chi connectivity index (χ1v) is 6.31. The van der Waals surface area contributed by atoms with Gasteiger partial charge in [0.25, 0.3) is 0 Å². The zero-order valence-corrected chi connectivity index (χ0v) is 10.2. The molecule has 3 aromatic rings. The fourth-order valence-corrected chi connectivity index (χ4v) is 2.50. The molecule has 3 N–H and O–H groups in total. The van der Waals surface area contributed by atoms with E-state index in [1.807, 2.05) is 22.7 Å². The molecule has 0 unspecified atom stereocenters. The average molecular weight is 261 g/mol. The molecule has 0 atom stereocenters. The van der Waals surface area contributed by atoms with Crippen molar-refractivity contribution in [3.63, 3.8) is 0 Å². The van der Waals surface area contributed by atoms with Crippen molar-refractivity contribution in [1.29, 1.82) is 0 Å². The van der Waals surface area contributed by atoms with Crippen molar-refractivity contribution in [2.24, 2.45) is 5.84 Å². The number of nitrogen functional groups attached to an aromatic ring is 1. The van der Waals surface area contributed by atoms with E-state index in [0.717, 1.165) is 16.4 Å². The summed E-state index contributed by atoms with van der Waals surface area (Å²) in [6, 6.07) is 3.80. The van der Waals surface area contributed by atoms with Gasteiger partial charge in [0.2, 0.25) is 0 Å². The van der Waals surface area contributed by atoms with Crippen LogP contribution in [0.25, 0.3) is 5.65 Å². The van der Waals surface area contributed by atoms with E-state index in [1.165, 1.54) is 0 Å². The summed E-state index contributed by atoms with van der Waals surface area (Å²) in [5.41, 5.74) is 3.36. The molecule has 0 fully saturated rings. The second kappa shape index (κ2) is 4.71. The highest BCUT2D eigenvalue weighted by Crippen LogP contribution is 2.25. The third-order valence-corrected chi connectivity index (χ3v) is 3.40. The van der Waals surface area contributed by atoms with Crippen molar-refractivity contribution in [3.8, 4) is 0 Å². The van der Waals surface area contributed by atoms with E-state index in [-0.39, 0.29) is 0 Å². The molecule has 0 aliphatic carbocycles. The molecule has 0 aliphatic rings. The number of hydrogen-bond donors (Lipinski definition) is 2. The lowest BCUT2D eigenvalue weighted by Gasteiger charge is -2.05. The summed E-state index contributed by atoms with van der Waals surface area (Å²) in [6.45, 7) is 0. The van der Waals surface area contributed by atoms with Crippen LogP contribution in [0.5, 0.6) is 0 Å². The zero-order chi connectivity index (χ0) is 12.4. The smallest absolute Gasteiger partial charge is 0.169 e. The molecule has 0 saturated carbocycles. The molecule has 0 aromatic carbocycles. The molecular formula is C11H11N5OS. The molecular weight excluding hydrogens is 250 g/mol. The first-order chi connectivity index (χ1) is 8.86. The van der Waals surface area contributed by atoms with Gasteiger partial charge in [-0.15, -0.1) is 0 Å². The minimum Gasteiger partial charge on any atom is -0.468 e. The zero-order valence-electron chi connectivity index (χ0n) is 9.41. The molecule has 0 amide bonds. The summed E-state index contributed by atoms with van der Waals surface area (Å²) in [5.74, 6) is 7.60. The van der Waals surface area contributed by atoms with Gasteiger partial charge in [-0.3, -0.25) is 0 Å². The number of hydrogen-bond acceptors (Lipinski definition) is 6. The van der Waals surface area contributed by atoms with Crippen LogP contribution in [-0.4, -0.2) is 14.4 Å². The highest BCUT2D eigenvalue weighted by Gasteiger charge is 2.08. The number of aromatic nitrogens is 3. The van der Waals surface area contributed by atoms with Crippen molar-refractivity contribution < 1.29 is 4.42 Å². The number of thioether (sulfide) groups is 1. The van der Waals surface area contributed by atoms with Gasteiger partial charge in [-0.05, 0) is 12.1 Å². The standard InChI is InChI=1S/C11H11N5OS/c12-15-9-6-16-4-3-13-10(16)11(14-9)18-7-8-2-1-5-17-8/h1-6,15H,7,12H2. The molecule has 92 valence electrons. The predicted octanol–water partition coefficient (Wildman–Crippen LogP) is 1.90. The Bertz CT molecular complexity index is 649. The van der Waals surface area contributed by atoms with Crippen LogP contribution in [0.3, 0.4) is 0 Å². The maximum atomic E-state index is 5.40. The van der Waals surface area contributed by atoms with Crippen molar-refractivity contribution >= 4 is 23.2 Å². The Morgan fingerprint density at radius 3 is 3.22 bits per heavy atom. The van der Waals surface area contributed by atoms with Crippen LogP contribution in [0.15, 0.2) is 46.4 Å². The maximum absolute atomic E-state index is 5.40. The number of nitrogens with zero attached hydrogens (tertiary/aromatic N) is 3. The summed E-state index contributed by atoms with van der Waals surface area (Å²) < 4.78 is 7.17. The van der Waals surface area contributed by atoms with Gasteiger partial charge < -0.3 is 14.2 Å². The van der Waals surface area contributed by atoms with Crippen molar-refractivity contribution in [3.05, 3.63) is 42.7 Å². The van der Waals surface area contributed by atoms with E-state index in [4.69, 9.17) is 10.3 Å². The van der Waals surface area contributed by atoms with Crippen molar-refractivity contribution in [1.82, 2.24) is 14.4 Å². The van der Waals surface area contributed by atoms with Gasteiger partial charge in [0.15, 0.2) is 11.5 Å². The predicted molar refractivity (Wildman–Crippen MR) is 69.1 cm³/mol. The van der Waals surface area contributed by atoms with E-state index >= 15 is 0 Å². The molecule has 3 aromatic heterocycles. The molecule has 0 radical (unpaired) electrons. The Kier molecular flexibility index (Phi) is 2.91. The Labute approximate surface area is 107 Å². The molecule has 0 aliphatic heterocycles. The fourth-order valence-electron chi connectivity index (χ4n) is 1.60. The number of nitrogens with one attached hydrogen (secondary N) is 1. The van der Waals surface area contributed by atoms with Crippen molar-refractivity contribution in [2.75, 3.05) is 5.43 Å². The van der Waals surface area contributed by atoms with Gasteiger partial charge in [0.05, 0.1) is 18.2 Å². The Morgan fingerprint density at radius 2 is 2.44 bits per heavy atom. The maximum Gasteiger partial charge on any atom is 0.169 e. The first-order valence-electron chi connectivity index (χ1n) is 5.32. The van der Waals surface area contributed by atoms with Gasteiger partial charge in [-0.1, -0.05) is 11.8 Å². The number of anilines is 1. The Balaban J connectivity index is 1.92. The number of imidazole rings is 1. The van der Waals surface area contributed by atoms with Crippen LogP contribution in [-0.2, 0) is 5.75 Å². The third-order valence-electron chi connectivity index (χ3n) is 2.42. The minimum atomic E-state index is 0.599. The summed E-state index contributed by atoms with van der Waals surface area (Å²) in [7, 11) is 0. The normalized spacial score (nSPS) is 10.9. The van der Waals surface area contributed by atoms with Crippen LogP contribution in [0, 0.1) is 0 Å². The summed E-state index contributed by atoms with van der Waals surface area (Å²) in [6.07, 6.45) is 7.04. The van der Waals surface area contributed by atoms with Gasteiger partial charge in [-0.25, -0.2) is 15.8 Å². The van der Waals surface area contributed by atoms with Gasteiger partial charge in [0, 0.05) is 12.4 Å². The van der Waals surface area contributed by atoms with E-state index < -0.39 is 0 Å². The number of rotatable bonds is 4. The van der Waals surface area contributed by atoms with Crippen molar-refractivity contribution in [2.45, 2.75) is 10.8 Å². The number of furan rings is 1. The first kappa shape index (κ1) is 11.1.